The molecule has 0 aliphatic heterocycles. The number of carbonyl (C=O) groups excluding carboxylic acids is 1. The minimum Gasteiger partial charge on any atom is -0.507 e. The standard InChI is InChI=1S/C18H16O3/c1-3-16(19)21-18-13-7-5-4-6-12(13)17(20)15-10-11(2)8-9-14(15)18/h3-5,8-10,20H,1,6-7H2,2H3. The molecule has 0 fully saturated rings. The van der Waals surface area contributed by atoms with E-state index >= 15 is 0 Å². The molecule has 0 radical (unpaired) electrons. The lowest BCUT2D eigenvalue weighted by molar-refractivity contribution is -0.128. The molecule has 3 heteroatoms. The summed E-state index contributed by atoms with van der Waals surface area (Å²) in [7, 11) is 0. The molecule has 3 nitrogen and oxygen atoms in total. The van der Waals surface area contributed by atoms with Gasteiger partial charge in [-0.3, -0.25) is 0 Å². The van der Waals surface area contributed by atoms with Crippen molar-refractivity contribution >= 4 is 16.7 Å². The van der Waals surface area contributed by atoms with Gasteiger partial charge in [-0.05, 0) is 25.8 Å². The molecular weight excluding hydrogens is 264 g/mol. The second-order valence-corrected chi connectivity index (χ2v) is 5.19. The van der Waals surface area contributed by atoms with E-state index in [4.69, 9.17) is 4.74 Å². The molecule has 106 valence electrons. The number of phenols is 1. The fourth-order valence-electron chi connectivity index (χ4n) is 2.75. The first kappa shape index (κ1) is 13.4. The summed E-state index contributed by atoms with van der Waals surface area (Å²) in [5.74, 6) is 0.331. The summed E-state index contributed by atoms with van der Waals surface area (Å²) in [6, 6.07) is 5.74. The van der Waals surface area contributed by atoms with Gasteiger partial charge < -0.3 is 9.84 Å². The van der Waals surface area contributed by atoms with Crippen molar-refractivity contribution in [3.8, 4) is 11.5 Å². The van der Waals surface area contributed by atoms with Crippen LogP contribution in [-0.2, 0) is 17.6 Å². The Hall–Kier alpha value is -2.55. The zero-order valence-electron chi connectivity index (χ0n) is 11.8. The number of rotatable bonds is 2. The average molecular weight is 280 g/mol. The number of hydrogen-bond acceptors (Lipinski definition) is 3. The predicted octanol–water partition coefficient (Wildman–Crippen LogP) is 3.60. The normalized spacial score (nSPS) is 13.0. The third kappa shape index (κ3) is 2.21. The molecule has 0 bridgehead atoms. The van der Waals surface area contributed by atoms with Gasteiger partial charge in [0.05, 0.1) is 0 Å². The molecule has 1 N–H and O–H groups in total. The van der Waals surface area contributed by atoms with Crippen molar-refractivity contribution in [3.05, 3.63) is 59.7 Å². The largest absolute Gasteiger partial charge is 0.507 e. The Balaban J connectivity index is 2.35. The van der Waals surface area contributed by atoms with Crippen LogP contribution >= 0.6 is 0 Å². The van der Waals surface area contributed by atoms with E-state index < -0.39 is 5.97 Å². The molecule has 0 saturated heterocycles. The zero-order valence-corrected chi connectivity index (χ0v) is 11.8. The highest BCUT2D eigenvalue weighted by Gasteiger charge is 2.21. The van der Waals surface area contributed by atoms with Crippen LogP contribution in [0.5, 0.6) is 11.5 Å². The van der Waals surface area contributed by atoms with Gasteiger partial charge in [0.15, 0.2) is 0 Å². The van der Waals surface area contributed by atoms with E-state index in [1.165, 1.54) is 0 Å². The maximum Gasteiger partial charge on any atom is 0.335 e. The number of aryl methyl sites for hydroxylation is 1. The van der Waals surface area contributed by atoms with Gasteiger partial charge in [0.1, 0.15) is 11.5 Å². The smallest absolute Gasteiger partial charge is 0.335 e. The lowest BCUT2D eigenvalue weighted by atomic mass is 9.90. The summed E-state index contributed by atoms with van der Waals surface area (Å²) in [4.78, 5) is 11.6. The summed E-state index contributed by atoms with van der Waals surface area (Å²) in [6.45, 7) is 5.41. The average Bonchev–Trinajstić information content (AvgIpc) is 2.51. The van der Waals surface area contributed by atoms with E-state index in [9.17, 15) is 9.90 Å². The van der Waals surface area contributed by atoms with Crippen LogP contribution in [0.3, 0.4) is 0 Å². The number of carbonyl (C=O) groups is 1. The van der Waals surface area contributed by atoms with Crippen LogP contribution in [0.4, 0.5) is 0 Å². The Labute approximate surface area is 123 Å². The maximum atomic E-state index is 11.6. The first-order chi connectivity index (χ1) is 10.1. The lowest BCUT2D eigenvalue weighted by Gasteiger charge is -2.20. The van der Waals surface area contributed by atoms with E-state index in [0.29, 0.717) is 18.6 Å². The van der Waals surface area contributed by atoms with Crippen LogP contribution in [0.1, 0.15) is 16.7 Å². The number of fused-ring (bicyclic) bond motifs is 2. The van der Waals surface area contributed by atoms with Gasteiger partial charge in [0.25, 0.3) is 0 Å². The first-order valence-corrected chi connectivity index (χ1v) is 6.88. The van der Waals surface area contributed by atoms with E-state index in [1.54, 1.807) is 0 Å². The fraction of sp³-hybridized carbons (Fsp3) is 0.167. The summed E-state index contributed by atoms with van der Waals surface area (Å²) in [5.41, 5.74) is 2.76. The minimum atomic E-state index is -0.487. The van der Waals surface area contributed by atoms with Crippen LogP contribution in [0.25, 0.3) is 10.8 Å². The number of benzene rings is 2. The summed E-state index contributed by atoms with van der Waals surface area (Å²) in [6.07, 6.45) is 6.48. The van der Waals surface area contributed by atoms with Gasteiger partial charge in [-0.25, -0.2) is 4.79 Å². The van der Waals surface area contributed by atoms with Gasteiger partial charge in [-0.2, -0.15) is 0 Å². The highest BCUT2D eigenvalue weighted by Crippen LogP contribution is 2.42. The molecule has 0 heterocycles. The lowest BCUT2D eigenvalue weighted by Crippen LogP contribution is -2.09. The van der Waals surface area contributed by atoms with Gasteiger partial charge in [0, 0.05) is 28.0 Å². The molecule has 0 amide bonds. The molecule has 1 aliphatic rings. The minimum absolute atomic E-state index is 0.284. The Kier molecular flexibility index (Phi) is 3.26. The second kappa shape index (κ2) is 5.09. The summed E-state index contributed by atoms with van der Waals surface area (Å²) >= 11 is 0. The molecule has 0 atom stereocenters. The van der Waals surface area contributed by atoms with Crippen LogP contribution in [0.2, 0.25) is 0 Å². The quantitative estimate of drug-likeness (QED) is 0.396. The molecule has 3 rings (SSSR count). The number of esters is 1. The molecule has 21 heavy (non-hydrogen) atoms. The highest BCUT2D eigenvalue weighted by atomic mass is 16.5. The monoisotopic (exact) mass is 280 g/mol. The molecule has 2 aromatic rings. The van der Waals surface area contributed by atoms with E-state index in [0.717, 1.165) is 33.5 Å². The van der Waals surface area contributed by atoms with Crippen molar-refractivity contribution in [2.45, 2.75) is 19.8 Å². The molecule has 0 unspecified atom stereocenters. The van der Waals surface area contributed by atoms with Crippen molar-refractivity contribution in [2.75, 3.05) is 0 Å². The molecular formula is C18H16O3. The van der Waals surface area contributed by atoms with Crippen molar-refractivity contribution in [1.82, 2.24) is 0 Å². The van der Waals surface area contributed by atoms with Gasteiger partial charge >= 0.3 is 5.97 Å². The highest BCUT2D eigenvalue weighted by molar-refractivity contribution is 5.98. The molecule has 0 aromatic heterocycles. The Morgan fingerprint density at radius 2 is 1.95 bits per heavy atom. The van der Waals surface area contributed by atoms with Crippen molar-refractivity contribution in [2.24, 2.45) is 0 Å². The predicted molar refractivity (Wildman–Crippen MR) is 82.7 cm³/mol. The number of ether oxygens (including phenoxy) is 1. The summed E-state index contributed by atoms with van der Waals surface area (Å²) < 4.78 is 5.47. The third-order valence-corrected chi connectivity index (χ3v) is 3.78. The van der Waals surface area contributed by atoms with Crippen LogP contribution in [0, 0.1) is 6.92 Å². The second-order valence-electron chi connectivity index (χ2n) is 5.19. The third-order valence-electron chi connectivity index (χ3n) is 3.78. The summed E-state index contributed by atoms with van der Waals surface area (Å²) in [5, 5.41) is 12.0. The Bertz CT molecular complexity index is 785. The van der Waals surface area contributed by atoms with Gasteiger partial charge in [-0.15, -0.1) is 0 Å². The molecule has 0 spiro atoms. The van der Waals surface area contributed by atoms with Crippen LogP contribution < -0.4 is 4.74 Å². The number of hydrogen-bond donors (Lipinski definition) is 1. The van der Waals surface area contributed by atoms with Gasteiger partial charge in [0.2, 0.25) is 0 Å². The first-order valence-electron chi connectivity index (χ1n) is 6.88. The maximum absolute atomic E-state index is 11.6. The number of aromatic hydroxyl groups is 1. The Morgan fingerprint density at radius 3 is 2.67 bits per heavy atom. The number of phenolic OH excluding ortho intramolecular Hbond substituents is 1. The van der Waals surface area contributed by atoms with E-state index in [-0.39, 0.29) is 5.75 Å². The van der Waals surface area contributed by atoms with Crippen molar-refractivity contribution < 1.29 is 14.6 Å². The SMILES string of the molecule is C=CC(=O)Oc1c2c(c(O)c3cc(C)ccc13)CC=CC2. The van der Waals surface area contributed by atoms with E-state index in [2.05, 4.69) is 6.58 Å². The topological polar surface area (TPSA) is 46.5 Å². The molecule has 2 aromatic carbocycles. The van der Waals surface area contributed by atoms with E-state index in [1.807, 2.05) is 37.3 Å². The van der Waals surface area contributed by atoms with Crippen LogP contribution in [-0.4, -0.2) is 11.1 Å². The Morgan fingerprint density at radius 1 is 1.24 bits per heavy atom. The van der Waals surface area contributed by atoms with Crippen molar-refractivity contribution in [1.29, 1.82) is 0 Å². The van der Waals surface area contributed by atoms with Gasteiger partial charge in [-0.1, -0.05) is 36.4 Å². The molecule has 0 saturated carbocycles. The number of allylic oxidation sites excluding steroid dienone is 2. The fourth-order valence-corrected chi connectivity index (χ4v) is 2.75. The zero-order chi connectivity index (χ0) is 15.0. The molecule has 1 aliphatic carbocycles. The van der Waals surface area contributed by atoms with Crippen molar-refractivity contribution in [3.63, 3.8) is 0 Å². The van der Waals surface area contributed by atoms with Crippen LogP contribution in [0.15, 0.2) is 43.0 Å².